The predicted octanol–water partition coefficient (Wildman–Crippen LogP) is 6.32. The van der Waals surface area contributed by atoms with Crippen LogP contribution in [0.5, 0.6) is 5.75 Å². The van der Waals surface area contributed by atoms with Crippen molar-refractivity contribution in [1.29, 1.82) is 0 Å². The smallest absolute Gasteiger partial charge is 0.389 e. The summed E-state index contributed by atoms with van der Waals surface area (Å²) < 4.78 is 70.8. The summed E-state index contributed by atoms with van der Waals surface area (Å²) in [5.41, 5.74) is 0.763. The molecule has 2 rings (SSSR count). The standard InChI is InChI=1S/C20H24ClF5N2O.CO2/c1-5-14-16(21)17(28(6-2)27-14)13-8-7-12(9-15(13)29-18(22)23)10-19(3,4)11-20(24,25)26;2-1-3/h7-9,18H,5-6,10-11H2,1-4H3;. The van der Waals surface area contributed by atoms with Gasteiger partial charge < -0.3 is 4.74 Å². The SMILES string of the molecule is CCc1nn(CC)c(-c2ccc(CC(C)(C)CC(F)(F)F)cc2OC(F)F)c1Cl.O=C=O. The molecule has 0 saturated heterocycles. The number of rotatable bonds is 8. The number of benzene rings is 1. The largest absolute Gasteiger partial charge is 0.434 e. The minimum absolute atomic E-state index is 0.0490. The highest BCUT2D eigenvalue weighted by Gasteiger charge is 2.36. The molecule has 0 saturated carbocycles. The summed E-state index contributed by atoms with van der Waals surface area (Å²) in [6, 6.07) is 4.51. The second-order valence-corrected chi connectivity index (χ2v) is 8.08. The summed E-state index contributed by atoms with van der Waals surface area (Å²) >= 11 is 6.42. The number of ether oxygens (including phenoxy) is 1. The van der Waals surface area contributed by atoms with Crippen LogP contribution in [-0.2, 0) is 29.0 Å². The van der Waals surface area contributed by atoms with Gasteiger partial charge in [-0.2, -0.15) is 36.6 Å². The van der Waals surface area contributed by atoms with E-state index in [1.54, 1.807) is 16.8 Å². The Morgan fingerprint density at radius 2 is 1.78 bits per heavy atom. The maximum atomic E-state index is 13.0. The number of aromatic nitrogens is 2. The lowest BCUT2D eigenvalue weighted by Gasteiger charge is -2.26. The van der Waals surface area contributed by atoms with E-state index in [4.69, 9.17) is 25.9 Å². The van der Waals surface area contributed by atoms with E-state index in [0.29, 0.717) is 40.5 Å². The first-order valence-electron chi connectivity index (χ1n) is 9.67. The fourth-order valence-corrected chi connectivity index (χ4v) is 3.80. The topological polar surface area (TPSA) is 61.2 Å². The normalized spacial score (nSPS) is 11.7. The maximum Gasteiger partial charge on any atom is 0.389 e. The van der Waals surface area contributed by atoms with Crippen molar-refractivity contribution in [1.82, 2.24) is 9.78 Å². The number of hydrogen-bond acceptors (Lipinski definition) is 4. The van der Waals surface area contributed by atoms with Crippen LogP contribution in [0.1, 0.15) is 45.4 Å². The Labute approximate surface area is 187 Å². The Bertz CT molecular complexity index is 936. The number of alkyl halides is 5. The van der Waals surface area contributed by atoms with Gasteiger partial charge in [0.05, 0.1) is 16.4 Å². The Hall–Kier alpha value is -2.45. The van der Waals surface area contributed by atoms with Crippen molar-refractivity contribution >= 4 is 17.8 Å². The molecule has 0 aliphatic heterocycles. The fraction of sp³-hybridized carbons (Fsp3) is 0.524. The molecule has 1 heterocycles. The molecule has 2 aromatic rings. The van der Waals surface area contributed by atoms with Crippen LogP contribution in [0.3, 0.4) is 0 Å². The van der Waals surface area contributed by atoms with Crippen molar-refractivity contribution in [3.63, 3.8) is 0 Å². The molecule has 1 aromatic heterocycles. The van der Waals surface area contributed by atoms with Crippen molar-refractivity contribution in [2.75, 3.05) is 0 Å². The van der Waals surface area contributed by atoms with Crippen LogP contribution in [0.2, 0.25) is 5.02 Å². The molecule has 11 heteroatoms. The fourth-order valence-electron chi connectivity index (χ4n) is 3.43. The van der Waals surface area contributed by atoms with Crippen LogP contribution in [0.15, 0.2) is 18.2 Å². The monoisotopic (exact) mass is 482 g/mol. The number of nitrogens with zero attached hydrogens (tertiary/aromatic N) is 2. The third-order valence-electron chi connectivity index (χ3n) is 4.47. The van der Waals surface area contributed by atoms with Crippen LogP contribution in [0, 0.1) is 5.41 Å². The molecule has 32 heavy (non-hydrogen) atoms. The van der Waals surface area contributed by atoms with Gasteiger partial charge in [-0.25, -0.2) is 0 Å². The lowest BCUT2D eigenvalue weighted by atomic mass is 9.82. The quantitative estimate of drug-likeness (QED) is 0.413. The number of hydrogen-bond donors (Lipinski definition) is 0. The number of carbonyl (C=O) groups excluding carboxylic acids is 2. The van der Waals surface area contributed by atoms with E-state index in [1.165, 1.54) is 19.9 Å². The van der Waals surface area contributed by atoms with Gasteiger partial charge in [-0.3, -0.25) is 4.68 Å². The van der Waals surface area contributed by atoms with Gasteiger partial charge in [-0.15, -0.1) is 0 Å². The van der Waals surface area contributed by atoms with Gasteiger partial charge in [0.2, 0.25) is 0 Å². The first kappa shape index (κ1) is 27.6. The van der Waals surface area contributed by atoms with Gasteiger partial charge in [-0.05, 0) is 42.9 Å². The van der Waals surface area contributed by atoms with Crippen LogP contribution < -0.4 is 4.74 Å². The zero-order valence-electron chi connectivity index (χ0n) is 18.0. The minimum atomic E-state index is -4.32. The van der Waals surface area contributed by atoms with Gasteiger partial charge in [-0.1, -0.05) is 38.4 Å². The zero-order chi connectivity index (χ0) is 24.7. The van der Waals surface area contributed by atoms with Crippen molar-refractivity contribution in [2.45, 2.75) is 66.3 Å². The Morgan fingerprint density at radius 3 is 2.25 bits per heavy atom. The first-order valence-corrected chi connectivity index (χ1v) is 10.1. The molecule has 0 N–H and O–H groups in total. The van der Waals surface area contributed by atoms with E-state index in [2.05, 4.69) is 5.10 Å². The van der Waals surface area contributed by atoms with Crippen LogP contribution in [-0.4, -0.2) is 28.7 Å². The summed E-state index contributed by atoms with van der Waals surface area (Å²) in [5, 5.41) is 4.73. The average Bonchev–Trinajstić information content (AvgIpc) is 2.95. The molecule has 178 valence electrons. The predicted molar refractivity (Wildman–Crippen MR) is 108 cm³/mol. The summed E-state index contributed by atoms with van der Waals surface area (Å²) in [4.78, 5) is 16.2. The molecule has 0 radical (unpaired) electrons. The lowest BCUT2D eigenvalue weighted by Crippen LogP contribution is -2.24. The molecular formula is C21H24ClF5N2O3. The summed E-state index contributed by atoms with van der Waals surface area (Å²) in [6.07, 6.45) is -4.44. The van der Waals surface area contributed by atoms with E-state index in [0.717, 1.165) is 0 Å². The van der Waals surface area contributed by atoms with E-state index in [-0.39, 0.29) is 18.3 Å². The second kappa shape index (κ2) is 11.4. The van der Waals surface area contributed by atoms with Gasteiger partial charge in [0.15, 0.2) is 0 Å². The molecule has 0 unspecified atom stereocenters. The van der Waals surface area contributed by atoms with Crippen molar-refractivity contribution in [2.24, 2.45) is 5.41 Å². The number of halogens is 6. The Morgan fingerprint density at radius 1 is 1.19 bits per heavy atom. The van der Waals surface area contributed by atoms with Gasteiger partial charge in [0.1, 0.15) is 5.75 Å². The second-order valence-electron chi connectivity index (χ2n) is 7.70. The third kappa shape index (κ3) is 7.91. The summed E-state index contributed by atoms with van der Waals surface area (Å²) in [6.45, 7) is 4.06. The maximum absolute atomic E-state index is 13.0. The van der Waals surface area contributed by atoms with Gasteiger partial charge in [0.25, 0.3) is 0 Å². The Kier molecular flexibility index (Phi) is 9.85. The third-order valence-corrected chi connectivity index (χ3v) is 4.87. The molecule has 1 aromatic carbocycles. The highest BCUT2D eigenvalue weighted by molar-refractivity contribution is 6.33. The summed E-state index contributed by atoms with van der Waals surface area (Å²) in [7, 11) is 0. The van der Waals surface area contributed by atoms with Crippen LogP contribution >= 0.6 is 11.6 Å². The van der Waals surface area contributed by atoms with Crippen molar-refractivity contribution in [3.05, 3.63) is 34.5 Å². The van der Waals surface area contributed by atoms with Crippen molar-refractivity contribution in [3.8, 4) is 17.0 Å². The molecular weight excluding hydrogens is 459 g/mol. The van der Waals surface area contributed by atoms with E-state index in [9.17, 15) is 22.0 Å². The van der Waals surface area contributed by atoms with E-state index < -0.39 is 24.6 Å². The average molecular weight is 483 g/mol. The summed E-state index contributed by atoms with van der Waals surface area (Å²) in [5.74, 6) is -0.139. The molecule has 0 atom stereocenters. The number of aryl methyl sites for hydroxylation is 2. The highest BCUT2D eigenvalue weighted by Crippen LogP contribution is 2.40. The van der Waals surface area contributed by atoms with Crippen LogP contribution in [0.4, 0.5) is 22.0 Å². The van der Waals surface area contributed by atoms with Crippen molar-refractivity contribution < 1.29 is 36.3 Å². The van der Waals surface area contributed by atoms with E-state index >= 15 is 0 Å². The molecule has 0 amide bonds. The van der Waals surface area contributed by atoms with Gasteiger partial charge >= 0.3 is 18.9 Å². The first-order chi connectivity index (χ1) is 14.8. The molecule has 5 nitrogen and oxygen atoms in total. The lowest BCUT2D eigenvalue weighted by molar-refractivity contribution is -0.191. The molecule has 0 aliphatic rings. The van der Waals surface area contributed by atoms with Crippen LogP contribution in [0.25, 0.3) is 11.3 Å². The minimum Gasteiger partial charge on any atom is -0.434 e. The van der Waals surface area contributed by atoms with Gasteiger partial charge in [0, 0.05) is 18.5 Å². The molecule has 0 spiro atoms. The zero-order valence-corrected chi connectivity index (χ0v) is 18.8. The molecule has 0 fully saturated rings. The van der Waals surface area contributed by atoms with E-state index in [1.807, 2.05) is 13.8 Å². The Balaban J connectivity index is 0.00000161. The highest BCUT2D eigenvalue weighted by atomic mass is 35.5. The molecule has 0 aliphatic carbocycles. The molecule has 0 bridgehead atoms.